The molecule has 1 aliphatic rings. The largest absolute Gasteiger partial charge is 0.328 e. The van der Waals surface area contributed by atoms with Crippen molar-refractivity contribution in [1.82, 2.24) is 20.2 Å². The molecule has 1 aromatic heterocycles. The second-order valence-electron chi connectivity index (χ2n) is 4.83. The Labute approximate surface area is 152 Å². The minimum atomic E-state index is -0.116. The Balaban J connectivity index is 0.00000132. The Morgan fingerprint density at radius 1 is 1.26 bits per heavy atom. The standard InChI is InChI=1S/C15H15ClN4O.2ClH/c16-12-4-2-1-3-11(12)14-10-18-7-8-20(14)15(21)13-9-17-5-6-19-13;;/h1-6,9,14,18H,7-8,10H2;2*1H. The van der Waals surface area contributed by atoms with E-state index in [0.717, 1.165) is 12.1 Å². The fraction of sp³-hybridized carbons (Fsp3) is 0.267. The summed E-state index contributed by atoms with van der Waals surface area (Å²) in [5.74, 6) is -0.116. The summed E-state index contributed by atoms with van der Waals surface area (Å²) >= 11 is 6.28. The highest BCUT2D eigenvalue weighted by atomic mass is 35.5. The summed E-state index contributed by atoms with van der Waals surface area (Å²) in [4.78, 5) is 22.5. The predicted octanol–water partition coefficient (Wildman–Crippen LogP) is 2.76. The van der Waals surface area contributed by atoms with Gasteiger partial charge in [0.05, 0.1) is 12.2 Å². The number of nitrogens with zero attached hydrogens (tertiary/aromatic N) is 3. The number of rotatable bonds is 2. The zero-order valence-electron chi connectivity index (χ0n) is 12.2. The number of carbonyl (C=O) groups excluding carboxylic acids is 1. The fourth-order valence-corrected chi connectivity index (χ4v) is 2.79. The van der Waals surface area contributed by atoms with Crippen LogP contribution in [0.3, 0.4) is 0 Å². The highest BCUT2D eigenvalue weighted by molar-refractivity contribution is 6.31. The lowest BCUT2D eigenvalue weighted by atomic mass is 10.0. The Morgan fingerprint density at radius 3 is 2.74 bits per heavy atom. The van der Waals surface area contributed by atoms with E-state index in [1.165, 1.54) is 12.4 Å². The van der Waals surface area contributed by atoms with Crippen LogP contribution in [0.1, 0.15) is 22.1 Å². The number of amides is 1. The smallest absolute Gasteiger partial charge is 0.274 e. The summed E-state index contributed by atoms with van der Waals surface area (Å²) < 4.78 is 0. The number of hydrogen-bond acceptors (Lipinski definition) is 4. The molecule has 1 amide bonds. The number of benzene rings is 1. The van der Waals surface area contributed by atoms with Crippen LogP contribution in [0.25, 0.3) is 0 Å². The summed E-state index contributed by atoms with van der Waals surface area (Å²) in [5.41, 5.74) is 1.31. The first kappa shape index (κ1) is 19.6. The lowest BCUT2D eigenvalue weighted by molar-refractivity contribution is 0.0628. The molecule has 1 N–H and O–H groups in total. The minimum Gasteiger partial charge on any atom is -0.328 e. The van der Waals surface area contributed by atoms with Gasteiger partial charge in [-0.05, 0) is 11.6 Å². The third-order valence-corrected chi connectivity index (χ3v) is 3.89. The van der Waals surface area contributed by atoms with E-state index in [1.807, 2.05) is 29.2 Å². The molecule has 1 aliphatic heterocycles. The maximum Gasteiger partial charge on any atom is 0.274 e. The number of carbonyl (C=O) groups is 1. The monoisotopic (exact) mass is 374 g/mol. The van der Waals surface area contributed by atoms with Crippen LogP contribution in [0.15, 0.2) is 42.9 Å². The molecule has 124 valence electrons. The molecule has 1 unspecified atom stereocenters. The normalized spacial score (nSPS) is 16.9. The average Bonchev–Trinajstić information content (AvgIpc) is 2.55. The van der Waals surface area contributed by atoms with Crippen molar-refractivity contribution in [2.75, 3.05) is 19.6 Å². The van der Waals surface area contributed by atoms with Crippen molar-refractivity contribution in [2.24, 2.45) is 0 Å². The average molecular weight is 376 g/mol. The van der Waals surface area contributed by atoms with Crippen molar-refractivity contribution in [3.05, 3.63) is 59.1 Å². The zero-order chi connectivity index (χ0) is 14.7. The number of piperazine rings is 1. The lowest BCUT2D eigenvalue weighted by Crippen LogP contribution is -2.49. The summed E-state index contributed by atoms with van der Waals surface area (Å²) in [5, 5.41) is 3.98. The van der Waals surface area contributed by atoms with Crippen molar-refractivity contribution in [1.29, 1.82) is 0 Å². The van der Waals surface area contributed by atoms with E-state index in [4.69, 9.17) is 11.6 Å². The molecule has 0 radical (unpaired) electrons. The maximum atomic E-state index is 12.6. The fourth-order valence-electron chi connectivity index (χ4n) is 2.53. The summed E-state index contributed by atoms with van der Waals surface area (Å²) in [6.07, 6.45) is 4.58. The van der Waals surface area contributed by atoms with Gasteiger partial charge < -0.3 is 10.2 Å². The molecule has 0 aliphatic carbocycles. The molecule has 5 nitrogen and oxygen atoms in total. The Hall–Kier alpha value is -1.40. The molecule has 2 aromatic rings. The quantitative estimate of drug-likeness (QED) is 0.877. The minimum absolute atomic E-state index is 0. The van der Waals surface area contributed by atoms with Gasteiger partial charge in [-0.3, -0.25) is 9.78 Å². The van der Waals surface area contributed by atoms with Crippen LogP contribution in [0.5, 0.6) is 0 Å². The highest BCUT2D eigenvalue weighted by Gasteiger charge is 2.30. The van der Waals surface area contributed by atoms with Crippen molar-refractivity contribution in [3.8, 4) is 0 Å². The van der Waals surface area contributed by atoms with Crippen molar-refractivity contribution >= 4 is 42.3 Å². The Morgan fingerprint density at radius 2 is 2.04 bits per heavy atom. The van der Waals surface area contributed by atoms with Crippen LogP contribution in [0.2, 0.25) is 5.02 Å². The van der Waals surface area contributed by atoms with Gasteiger partial charge in [0.25, 0.3) is 5.91 Å². The first-order chi connectivity index (χ1) is 10.3. The number of nitrogens with one attached hydrogen (secondary N) is 1. The molecule has 1 aromatic carbocycles. The molecule has 0 spiro atoms. The molecule has 0 bridgehead atoms. The molecular weight excluding hydrogens is 359 g/mol. The van der Waals surface area contributed by atoms with E-state index in [-0.39, 0.29) is 36.8 Å². The molecule has 0 saturated carbocycles. The summed E-state index contributed by atoms with van der Waals surface area (Å²) in [6.45, 7) is 2.05. The van der Waals surface area contributed by atoms with Crippen LogP contribution >= 0.6 is 36.4 Å². The van der Waals surface area contributed by atoms with E-state index in [0.29, 0.717) is 23.8 Å². The van der Waals surface area contributed by atoms with E-state index in [9.17, 15) is 4.79 Å². The lowest BCUT2D eigenvalue weighted by Gasteiger charge is -2.36. The molecule has 2 heterocycles. The number of halogens is 3. The predicted molar refractivity (Wildman–Crippen MR) is 94.6 cm³/mol. The van der Waals surface area contributed by atoms with Gasteiger partial charge in [0.15, 0.2) is 0 Å². The third-order valence-electron chi connectivity index (χ3n) is 3.55. The molecule has 8 heteroatoms. The van der Waals surface area contributed by atoms with Gasteiger partial charge in [0.2, 0.25) is 0 Å². The highest BCUT2D eigenvalue weighted by Crippen LogP contribution is 2.29. The first-order valence-corrected chi connectivity index (χ1v) is 7.17. The zero-order valence-corrected chi connectivity index (χ0v) is 14.6. The van der Waals surface area contributed by atoms with Gasteiger partial charge >= 0.3 is 0 Å². The molecule has 3 rings (SSSR count). The van der Waals surface area contributed by atoms with Crippen molar-refractivity contribution < 1.29 is 4.79 Å². The van der Waals surface area contributed by atoms with Gasteiger partial charge in [0.1, 0.15) is 5.69 Å². The number of hydrogen-bond donors (Lipinski definition) is 1. The van der Waals surface area contributed by atoms with E-state index in [2.05, 4.69) is 15.3 Å². The van der Waals surface area contributed by atoms with Gasteiger partial charge in [-0.15, -0.1) is 24.8 Å². The Kier molecular flexibility index (Phi) is 7.72. The first-order valence-electron chi connectivity index (χ1n) is 6.79. The topological polar surface area (TPSA) is 58.1 Å². The molecule has 1 atom stereocenters. The van der Waals surface area contributed by atoms with Crippen LogP contribution in [-0.4, -0.2) is 40.4 Å². The van der Waals surface area contributed by atoms with Crippen LogP contribution in [-0.2, 0) is 0 Å². The van der Waals surface area contributed by atoms with E-state index in [1.54, 1.807) is 6.20 Å². The SMILES string of the molecule is Cl.Cl.O=C(c1cnccn1)N1CCNCC1c1ccccc1Cl. The van der Waals surface area contributed by atoms with Crippen molar-refractivity contribution in [3.63, 3.8) is 0 Å². The summed E-state index contributed by atoms with van der Waals surface area (Å²) in [7, 11) is 0. The van der Waals surface area contributed by atoms with Gasteiger partial charge in [-0.2, -0.15) is 0 Å². The molecule has 23 heavy (non-hydrogen) atoms. The maximum absolute atomic E-state index is 12.6. The van der Waals surface area contributed by atoms with Crippen LogP contribution < -0.4 is 5.32 Å². The van der Waals surface area contributed by atoms with Crippen LogP contribution in [0, 0.1) is 0 Å². The number of aromatic nitrogens is 2. The van der Waals surface area contributed by atoms with Gasteiger partial charge in [-0.1, -0.05) is 29.8 Å². The second kappa shape index (κ2) is 9.03. The van der Waals surface area contributed by atoms with E-state index < -0.39 is 0 Å². The third kappa shape index (κ3) is 4.32. The molecular formula is C15H17Cl3N4O. The van der Waals surface area contributed by atoms with Gasteiger partial charge in [-0.25, -0.2) is 4.98 Å². The van der Waals surface area contributed by atoms with Crippen LogP contribution in [0.4, 0.5) is 0 Å². The Bertz CT molecular complexity index is 642. The molecule has 1 saturated heterocycles. The second-order valence-corrected chi connectivity index (χ2v) is 5.24. The van der Waals surface area contributed by atoms with Crippen molar-refractivity contribution in [2.45, 2.75) is 6.04 Å². The summed E-state index contributed by atoms with van der Waals surface area (Å²) in [6, 6.07) is 7.52. The van der Waals surface area contributed by atoms with Gasteiger partial charge in [0, 0.05) is 37.1 Å². The molecule has 1 fully saturated rings. The van der Waals surface area contributed by atoms with E-state index >= 15 is 0 Å².